The van der Waals surface area contributed by atoms with Gasteiger partial charge in [-0.3, -0.25) is 9.78 Å². The number of nitrogens with one attached hydrogen (secondary N) is 2. The van der Waals surface area contributed by atoms with E-state index >= 15 is 0 Å². The first-order chi connectivity index (χ1) is 16.7. The molecule has 1 amide bonds. The van der Waals surface area contributed by atoms with Gasteiger partial charge in [-0.2, -0.15) is 0 Å². The minimum atomic E-state index is -0.168. The first-order valence-electron chi connectivity index (χ1n) is 11.6. The van der Waals surface area contributed by atoms with Crippen LogP contribution in [0, 0.1) is 0 Å². The highest BCUT2D eigenvalue weighted by Gasteiger charge is 2.31. The van der Waals surface area contributed by atoms with Gasteiger partial charge in [0, 0.05) is 35.8 Å². The van der Waals surface area contributed by atoms with Gasteiger partial charge >= 0.3 is 0 Å². The van der Waals surface area contributed by atoms with Crippen LogP contribution in [0.5, 0.6) is 5.75 Å². The van der Waals surface area contributed by atoms with Crippen LogP contribution < -0.4 is 15.4 Å². The number of carbonyl (C=O) groups excluding carboxylic acids is 1. The Kier molecular flexibility index (Phi) is 6.44. The number of fused-ring (bicyclic) bond motifs is 1. The molecule has 1 saturated carbocycles. The van der Waals surface area contributed by atoms with E-state index in [9.17, 15) is 4.79 Å². The van der Waals surface area contributed by atoms with Gasteiger partial charge in [-0.25, -0.2) is 9.97 Å². The summed E-state index contributed by atoms with van der Waals surface area (Å²) in [6, 6.07) is 21.6. The molecule has 0 bridgehead atoms. The number of amides is 1. The lowest BCUT2D eigenvalue weighted by atomic mass is 9.86. The molecular formula is C27H27N5O2. The molecule has 0 aliphatic heterocycles. The van der Waals surface area contributed by atoms with Gasteiger partial charge in [0.05, 0.1) is 17.8 Å². The van der Waals surface area contributed by atoms with Crippen molar-refractivity contribution in [2.75, 3.05) is 6.61 Å². The maximum absolute atomic E-state index is 13.2. The maximum Gasteiger partial charge on any atom is 0.270 e. The zero-order chi connectivity index (χ0) is 23.3. The summed E-state index contributed by atoms with van der Waals surface area (Å²) in [4.78, 5) is 26.9. The van der Waals surface area contributed by atoms with Gasteiger partial charge in [0.15, 0.2) is 5.82 Å². The smallest absolute Gasteiger partial charge is 0.270 e. The number of para-hydroxylation sites is 1. The van der Waals surface area contributed by atoms with Crippen LogP contribution in [-0.2, 0) is 6.54 Å². The van der Waals surface area contributed by atoms with Crippen molar-refractivity contribution < 1.29 is 9.53 Å². The van der Waals surface area contributed by atoms with Crippen LogP contribution in [0.15, 0.2) is 72.9 Å². The Labute approximate surface area is 198 Å². The van der Waals surface area contributed by atoms with E-state index in [2.05, 4.69) is 20.6 Å². The first kappa shape index (κ1) is 22.0. The van der Waals surface area contributed by atoms with Crippen molar-refractivity contribution in [3.63, 3.8) is 0 Å². The van der Waals surface area contributed by atoms with Crippen molar-refractivity contribution in [2.45, 2.75) is 38.4 Å². The fourth-order valence-corrected chi connectivity index (χ4v) is 4.15. The SMILES string of the molecule is CCOc1ccc(-c2nc(C(=O)NC3CC(NCc4ccccn4)C3)c3ccccc3n2)cc1. The summed E-state index contributed by atoms with van der Waals surface area (Å²) >= 11 is 0. The van der Waals surface area contributed by atoms with E-state index in [0.717, 1.165) is 47.3 Å². The lowest BCUT2D eigenvalue weighted by Crippen LogP contribution is -2.52. The third-order valence-electron chi connectivity index (χ3n) is 6.01. The number of nitrogens with zero attached hydrogens (tertiary/aromatic N) is 3. The summed E-state index contributed by atoms with van der Waals surface area (Å²) in [5, 5.41) is 7.40. The molecule has 2 heterocycles. The third-order valence-corrected chi connectivity index (χ3v) is 6.01. The Bertz CT molecular complexity index is 1270. The van der Waals surface area contributed by atoms with Crippen LogP contribution in [0.1, 0.15) is 35.9 Å². The Balaban J connectivity index is 1.28. The molecular weight excluding hydrogens is 426 g/mol. The number of benzene rings is 2. The van der Waals surface area contributed by atoms with Crippen LogP contribution >= 0.6 is 0 Å². The molecule has 0 atom stereocenters. The average molecular weight is 454 g/mol. The first-order valence-corrected chi connectivity index (χ1v) is 11.6. The van der Waals surface area contributed by atoms with E-state index in [4.69, 9.17) is 9.72 Å². The van der Waals surface area contributed by atoms with Crippen LogP contribution in [-0.4, -0.2) is 39.5 Å². The molecule has 7 heteroatoms. The predicted octanol–water partition coefficient (Wildman–Crippen LogP) is 4.14. The highest BCUT2D eigenvalue weighted by Crippen LogP contribution is 2.25. The fraction of sp³-hybridized carbons (Fsp3) is 0.259. The molecule has 0 unspecified atom stereocenters. The molecule has 7 nitrogen and oxygen atoms in total. The van der Waals surface area contributed by atoms with Crippen LogP contribution in [0.3, 0.4) is 0 Å². The number of carbonyl (C=O) groups is 1. The second kappa shape index (κ2) is 9.97. The molecule has 2 aromatic heterocycles. The Hall–Kier alpha value is -3.84. The van der Waals surface area contributed by atoms with E-state index < -0.39 is 0 Å². The Morgan fingerprint density at radius 2 is 1.76 bits per heavy atom. The van der Waals surface area contributed by atoms with Crippen molar-refractivity contribution in [3.05, 3.63) is 84.3 Å². The van der Waals surface area contributed by atoms with Gasteiger partial charge in [-0.15, -0.1) is 0 Å². The predicted molar refractivity (Wildman–Crippen MR) is 131 cm³/mol. The van der Waals surface area contributed by atoms with E-state index in [0.29, 0.717) is 24.2 Å². The molecule has 0 radical (unpaired) electrons. The molecule has 1 fully saturated rings. The molecule has 172 valence electrons. The largest absolute Gasteiger partial charge is 0.494 e. The summed E-state index contributed by atoms with van der Waals surface area (Å²) < 4.78 is 5.53. The van der Waals surface area contributed by atoms with Crippen molar-refractivity contribution in [2.24, 2.45) is 0 Å². The van der Waals surface area contributed by atoms with Gasteiger partial charge in [-0.05, 0) is 62.2 Å². The van der Waals surface area contributed by atoms with Crippen LogP contribution in [0.2, 0.25) is 0 Å². The number of rotatable bonds is 8. The number of hydrogen-bond acceptors (Lipinski definition) is 6. The average Bonchev–Trinajstić information content (AvgIpc) is 2.86. The Morgan fingerprint density at radius 3 is 2.53 bits per heavy atom. The molecule has 2 N–H and O–H groups in total. The normalized spacial score (nSPS) is 17.2. The summed E-state index contributed by atoms with van der Waals surface area (Å²) in [5.41, 5.74) is 3.00. The lowest BCUT2D eigenvalue weighted by molar-refractivity contribution is 0.0898. The topological polar surface area (TPSA) is 89.0 Å². The lowest BCUT2D eigenvalue weighted by Gasteiger charge is -2.36. The van der Waals surface area contributed by atoms with Crippen molar-refractivity contribution >= 4 is 16.8 Å². The van der Waals surface area contributed by atoms with Gasteiger partial charge in [0.2, 0.25) is 0 Å². The van der Waals surface area contributed by atoms with E-state index in [1.165, 1.54) is 0 Å². The van der Waals surface area contributed by atoms with Gasteiger partial charge in [0.25, 0.3) is 5.91 Å². The molecule has 2 aromatic carbocycles. The second-order valence-electron chi connectivity index (χ2n) is 8.41. The zero-order valence-corrected chi connectivity index (χ0v) is 19.1. The van der Waals surface area contributed by atoms with E-state index in [1.807, 2.05) is 73.7 Å². The van der Waals surface area contributed by atoms with Crippen molar-refractivity contribution in [1.82, 2.24) is 25.6 Å². The van der Waals surface area contributed by atoms with Crippen LogP contribution in [0.4, 0.5) is 0 Å². The van der Waals surface area contributed by atoms with E-state index in [1.54, 1.807) is 6.20 Å². The molecule has 1 aliphatic rings. The van der Waals surface area contributed by atoms with Gasteiger partial charge < -0.3 is 15.4 Å². The molecule has 34 heavy (non-hydrogen) atoms. The standard InChI is InChI=1S/C27H27N5O2/c1-2-34-22-12-10-18(11-13-22)26-31-24-9-4-3-8-23(24)25(32-26)27(33)30-21-15-20(16-21)29-17-19-7-5-6-14-28-19/h3-14,20-21,29H,2,15-17H2,1H3,(H,30,33). The summed E-state index contributed by atoms with van der Waals surface area (Å²) in [6.07, 6.45) is 3.56. The number of hydrogen-bond donors (Lipinski definition) is 2. The minimum absolute atomic E-state index is 0.122. The third kappa shape index (κ3) is 4.89. The number of pyridine rings is 1. The highest BCUT2D eigenvalue weighted by atomic mass is 16.5. The van der Waals surface area contributed by atoms with Gasteiger partial charge in [-0.1, -0.05) is 24.3 Å². The van der Waals surface area contributed by atoms with Gasteiger partial charge in [0.1, 0.15) is 11.4 Å². The molecule has 0 spiro atoms. The van der Waals surface area contributed by atoms with Crippen LogP contribution in [0.25, 0.3) is 22.3 Å². The molecule has 4 aromatic rings. The zero-order valence-electron chi connectivity index (χ0n) is 19.1. The molecule has 1 aliphatic carbocycles. The summed E-state index contributed by atoms with van der Waals surface area (Å²) in [6.45, 7) is 3.29. The number of ether oxygens (including phenoxy) is 1. The van der Waals surface area contributed by atoms with Crippen molar-refractivity contribution in [1.29, 1.82) is 0 Å². The summed E-state index contributed by atoms with van der Waals surface area (Å²) in [5.74, 6) is 1.15. The minimum Gasteiger partial charge on any atom is -0.494 e. The quantitative estimate of drug-likeness (QED) is 0.417. The Morgan fingerprint density at radius 1 is 0.971 bits per heavy atom. The fourth-order valence-electron chi connectivity index (χ4n) is 4.15. The van der Waals surface area contributed by atoms with Crippen molar-refractivity contribution in [3.8, 4) is 17.1 Å². The number of aromatic nitrogens is 3. The molecule has 0 saturated heterocycles. The summed E-state index contributed by atoms with van der Waals surface area (Å²) in [7, 11) is 0. The van der Waals surface area contributed by atoms with E-state index in [-0.39, 0.29) is 11.9 Å². The second-order valence-corrected chi connectivity index (χ2v) is 8.41. The maximum atomic E-state index is 13.2. The highest BCUT2D eigenvalue weighted by molar-refractivity contribution is 6.05. The monoisotopic (exact) mass is 453 g/mol. The molecule has 5 rings (SSSR count).